The van der Waals surface area contributed by atoms with E-state index in [1.54, 1.807) is 0 Å². The lowest BCUT2D eigenvalue weighted by atomic mass is 10.0. The van der Waals surface area contributed by atoms with Gasteiger partial charge in [0.1, 0.15) is 35.7 Å². The van der Waals surface area contributed by atoms with Crippen molar-refractivity contribution in [1.82, 2.24) is 15.0 Å². The normalized spacial score (nSPS) is 15.7. The molecule has 0 saturated carbocycles. The van der Waals surface area contributed by atoms with Crippen LogP contribution in [-0.4, -0.2) is 59.1 Å². The summed E-state index contributed by atoms with van der Waals surface area (Å²) in [5.74, 6) is -2.01. The summed E-state index contributed by atoms with van der Waals surface area (Å²) < 4.78 is 47.1. The third-order valence-corrected chi connectivity index (χ3v) is 6.57. The molecule has 1 aliphatic heterocycles. The summed E-state index contributed by atoms with van der Waals surface area (Å²) in [5.41, 5.74) is -1.48. The van der Waals surface area contributed by atoms with Gasteiger partial charge in [0, 0.05) is 31.7 Å². The molecule has 192 valence electrons. The monoisotopic (exact) mass is 543 g/mol. The Labute approximate surface area is 213 Å². The zero-order chi connectivity index (χ0) is 26.0. The number of benzene rings is 2. The SMILES string of the molecule is O=C(NC1CCN(C[C@@H](O)COc2ccc(Cl)c(F)c2)CC1)c1cn(F)c2cc(Cl)c(F)cc2c1=O. The third-order valence-electron chi connectivity index (χ3n) is 5.97. The first kappa shape index (κ1) is 26.3. The van der Waals surface area contributed by atoms with E-state index in [0.717, 1.165) is 24.4 Å². The van der Waals surface area contributed by atoms with E-state index in [1.165, 1.54) is 12.1 Å². The Balaban J connectivity index is 1.30. The summed E-state index contributed by atoms with van der Waals surface area (Å²) in [4.78, 5) is 27.4. The second-order valence-electron chi connectivity index (χ2n) is 8.56. The average Bonchev–Trinajstić information content (AvgIpc) is 2.84. The summed E-state index contributed by atoms with van der Waals surface area (Å²) in [5, 5.41) is 12.3. The highest BCUT2D eigenvalue weighted by molar-refractivity contribution is 6.31. The number of hydrogen-bond donors (Lipinski definition) is 2. The Kier molecular flexibility index (Phi) is 8.09. The number of nitrogens with one attached hydrogen (secondary N) is 1. The van der Waals surface area contributed by atoms with E-state index in [1.807, 2.05) is 4.90 Å². The van der Waals surface area contributed by atoms with Crippen LogP contribution in [0.15, 0.2) is 41.3 Å². The number of carbonyl (C=O) groups is 1. The maximum Gasteiger partial charge on any atom is 0.257 e. The van der Waals surface area contributed by atoms with Crippen LogP contribution in [0, 0.1) is 11.6 Å². The number of aromatic nitrogens is 1. The van der Waals surface area contributed by atoms with Crippen LogP contribution in [0.25, 0.3) is 10.9 Å². The van der Waals surface area contributed by atoms with E-state index < -0.39 is 34.6 Å². The topological polar surface area (TPSA) is 83.8 Å². The molecule has 4 rings (SSSR count). The van der Waals surface area contributed by atoms with Crippen LogP contribution in [0.4, 0.5) is 13.3 Å². The minimum atomic E-state index is -0.890. The predicted molar refractivity (Wildman–Crippen MR) is 130 cm³/mol. The van der Waals surface area contributed by atoms with Crippen molar-refractivity contribution in [1.29, 1.82) is 0 Å². The minimum absolute atomic E-state index is 0.0207. The zero-order valence-electron chi connectivity index (χ0n) is 18.8. The molecule has 2 heterocycles. The predicted octanol–water partition coefficient (Wildman–Crippen LogP) is 3.95. The molecule has 0 spiro atoms. The number of ether oxygens (including phenoxy) is 1. The maximum atomic E-state index is 14.4. The first-order valence-corrected chi connectivity index (χ1v) is 11.9. The minimum Gasteiger partial charge on any atom is -0.491 e. The number of halogens is 5. The Hall–Kier alpha value is -2.79. The number of aliphatic hydroxyl groups excluding tert-OH is 1. The Morgan fingerprint density at radius 1 is 1.14 bits per heavy atom. The molecule has 1 aromatic heterocycles. The summed E-state index contributed by atoms with van der Waals surface area (Å²) in [6.45, 7) is 1.36. The van der Waals surface area contributed by atoms with Gasteiger partial charge in [0.25, 0.3) is 5.91 Å². The number of piperidine rings is 1. The molecule has 1 fully saturated rings. The van der Waals surface area contributed by atoms with Gasteiger partial charge in [-0.15, -0.1) is 0 Å². The van der Waals surface area contributed by atoms with Crippen LogP contribution < -0.4 is 15.5 Å². The number of likely N-dealkylation sites (tertiary alicyclic amines) is 1. The van der Waals surface area contributed by atoms with Crippen molar-refractivity contribution in [2.45, 2.75) is 25.0 Å². The van der Waals surface area contributed by atoms with Crippen molar-refractivity contribution in [3.05, 3.63) is 74.0 Å². The molecule has 0 bridgehead atoms. The van der Waals surface area contributed by atoms with Crippen LogP contribution >= 0.6 is 23.2 Å². The highest BCUT2D eigenvalue weighted by Crippen LogP contribution is 2.22. The summed E-state index contributed by atoms with van der Waals surface area (Å²) in [6, 6.07) is 5.53. The molecule has 3 aromatic rings. The van der Waals surface area contributed by atoms with E-state index >= 15 is 0 Å². The van der Waals surface area contributed by atoms with Gasteiger partial charge in [-0.05, 0) is 37.1 Å². The zero-order valence-corrected chi connectivity index (χ0v) is 20.3. The van der Waals surface area contributed by atoms with Crippen molar-refractivity contribution in [2.24, 2.45) is 0 Å². The van der Waals surface area contributed by atoms with Crippen LogP contribution in [0.5, 0.6) is 5.75 Å². The molecule has 1 saturated heterocycles. The van der Waals surface area contributed by atoms with Crippen molar-refractivity contribution in [3.63, 3.8) is 0 Å². The van der Waals surface area contributed by atoms with Crippen molar-refractivity contribution in [3.8, 4) is 5.75 Å². The van der Waals surface area contributed by atoms with Gasteiger partial charge in [-0.25, -0.2) is 8.78 Å². The van der Waals surface area contributed by atoms with Gasteiger partial charge in [0.05, 0.1) is 27.1 Å². The molecule has 1 aliphatic rings. The lowest BCUT2D eigenvalue weighted by Gasteiger charge is -2.33. The van der Waals surface area contributed by atoms with Gasteiger partial charge in [0.15, 0.2) is 0 Å². The fourth-order valence-electron chi connectivity index (χ4n) is 4.08. The lowest BCUT2D eigenvalue weighted by Crippen LogP contribution is -2.47. The summed E-state index contributed by atoms with van der Waals surface area (Å²) in [6.07, 6.45) is 0.989. The van der Waals surface area contributed by atoms with Crippen LogP contribution in [0.3, 0.4) is 0 Å². The largest absolute Gasteiger partial charge is 0.491 e. The number of pyridine rings is 1. The average molecular weight is 544 g/mol. The number of amides is 1. The summed E-state index contributed by atoms with van der Waals surface area (Å²) in [7, 11) is 0. The molecule has 36 heavy (non-hydrogen) atoms. The smallest absolute Gasteiger partial charge is 0.257 e. The van der Waals surface area contributed by atoms with Gasteiger partial charge in [-0.2, -0.15) is 4.79 Å². The number of β-amino-alcohol motifs (C(OH)–C–C–N with tert-alkyl or cyclic N) is 1. The number of hydrogen-bond acceptors (Lipinski definition) is 5. The molecule has 2 aromatic carbocycles. The number of carbonyl (C=O) groups excluding carboxylic acids is 1. The Bertz CT molecular complexity index is 1350. The highest BCUT2D eigenvalue weighted by atomic mass is 35.5. The van der Waals surface area contributed by atoms with Crippen LogP contribution in [-0.2, 0) is 0 Å². The maximum absolute atomic E-state index is 14.4. The first-order valence-electron chi connectivity index (χ1n) is 11.1. The molecule has 12 heteroatoms. The Morgan fingerprint density at radius 2 is 1.83 bits per heavy atom. The molecule has 2 N–H and O–H groups in total. The molecule has 7 nitrogen and oxygen atoms in total. The molecular formula is C24H22Cl2F3N3O4. The van der Waals surface area contributed by atoms with Gasteiger partial charge in [0.2, 0.25) is 5.43 Å². The standard InChI is InChI=1S/C24H22Cl2F3N3O4/c25-18-2-1-15(7-20(18)27)36-12-14(33)10-31-5-3-13(4-6-31)30-24(35)17-11-32(29)22-9-19(26)21(28)8-16(22)23(17)34/h1-2,7-9,11,13-14,33H,3-6,10,12H2,(H,30,35)/t14-/m1/s1. The van der Waals surface area contributed by atoms with E-state index in [4.69, 9.17) is 27.9 Å². The van der Waals surface area contributed by atoms with Crippen LogP contribution in [0.1, 0.15) is 23.2 Å². The second-order valence-corrected chi connectivity index (χ2v) is 9.37. The third kappa shape index (κ3) is 5.95. The number of fused-ring (bicyclic) bond motifs is 1. The molecule has 1 amide bonds. The van der Waals surface area contributed by atoms with Crippen LogP contribution in [0.2, 0.25) is 10.0 Å². The molecule has 0 aliphatic carbocycles. The van der Waals surface area contributed by atoms with E-state index in [2.05, 4.69) is 5.32 Å². The van der Waals surface area contributed by atoms with Gasteiger partial charge < -0.3 is 20.1 Å². The van der Waals surface area contributed by atoms with Crippen molar-refractivity contribution < 1.29 is 27.9 Å². The number of aliphatic hydroxyl groups is 1. The fraction of sp³-hybridized carbons (Fsp3) is 0.333. The lowest BCUT2D eigenvalue weighted by molar-refractivity contribution is 0.0567. The Morgan fingerprint density at radius 3 is 2.53 bits per heavy atom. The quantitative estimate of drug-likeness (QED) is 0.471. The van der Waals surface area contributed by atoms with Gasteiger partial charge in [-0.1, -0.05) is 27.7 Å². The summed E-state index contributed by atoms with van der Waals surface area (Å²) >= 11 is 11.3. The molecule has 1 atom stereocenters. The number of nitrogens with zero attached hydrogens (tertiary/aromatic N) is 2. The fourth-order valence-corrected chi connectivity index (χ4v) is 4.35. The molecule has 0 unspecified atom stereocenters. The van der Waals surface area contributed by atoms with Gasteiger partial charge >= 0.3 is 0 Å². The van der Waals surface area contributed by atoms with Gasteiger partial charge in [-0.3, -0.25) is 9.59 Å². The van der Waals surface area contributed by atoms with E-state index in [0.29, 0.717) is 32.5 Å². The van der Waals surface area contributed by atoms with Crippen molar-refractivity contribution in [2.75, 3.05) is 26.2 Å². The second kappa shape index (κ2) is 11.1. The number of rotatable bonds is 7. The highest BCUT2D eigenvalue weighted by Gasteiger charge is 2.25. The first-order chi connectivity index (χ1) is 17.1. The van der Waals surface area contributed by atoms with E-state index in [-0.39, 0.29) is 44.1 Å². The van der Waals surface area contributed by atoms with E-state index in [9.17, 15) is 28.0 Å². The molecule has 0 radical (unpaired) electrons. The van der Waals surface area contributed by atoms with Crippen molar-refractivity contribution >= 4 is 40.0 Å². The molecular weight excluding hydrogens is 522 g/mol.